The fourth-order valence-electron chi connectivity index (χ4n) is 4.12. The number of para-hydroxylation sites is 1. The molecule has 32 heavy (non-hydrogen) atoms. The number of halogens is 2. The van der Waals surface area contributed by atoms with Gasteiger partial charge < -0.3 is 9.88 Å². The van der Waals surface area contributed by atoms with E-state index >= 15 is 0 Å². The molecule has 0 saturated heterocycles. The number of aromatic nitrogens is 1. The summed E-state index contributed by atoms with van der Waals surface area (Å²) in [4.78, 5) is 12.7. The lowest BCUT2D eigenvalue weighted by atomic mass is 9.88. The Hall–Kier alpha value is -3.11. The lowest BCUT2D eigenvalue weighted by Crippen LogP contribution is -2.26. The van der Waals surface area contributed by atoms with Crippen molar-refractivity contribution in [2.45, 2.75) is 32.2 Å². The molecule has 4 aromatic rings. The van der Waals surface area contributed by atoms with Gasteiger partial charge in [-0.25, -0.2) is 4.39 Å². The van der Waals surface area contributed by atoms with Gasteiger partial charge in [-0.15, -0.1) is 0 Å². The Morgan fingerprint density at radius 2 is 1.84 bits per heavy atom. The molecule has 1 aromatic heterocycles. The van der Waals surface area contributed by atoms with Gasteiger partial charge in [-0.3, -0.25) is 4.79 Å². The quantitative estimate of drug-likeness (QED) is 0.326. The van der Waals surface area contributed by atoms with Gasteiger partial charge in [-0.1, -0.05) is 61.0 Å². The highest BCUT2D eigenvalue weighted by atomic mass is 35.5. The van der Waals surface area contributed by atoms with Crippen LogP contribution in [0, 0.1) is 5.82 Å². The number of carbonyl (C=O) groups excluding carboxylic acids is 1. The molecule has 1 atom stereocenters. The highest BCUT2D eigenvalue weighted by Gasteiger charge is 2.23. The number of nitrogens with one attached hydrogen (secondary N) is 1. The van der Waals surface area contributed by atoms with E-state index in [0.717, 1.165) is 34.0 Å². The van der Waals surface area contributed by atoms with E-state index in [9.17, 15) is 9.18 Å². The number of hydrogen-bond acceptors (Lipinski definition) is 1. The molecule has 0 aliphatic heterocycles. The third-order valence-electron chi connectivity index (χ3n) is 5.67. The van der Waals surface area contributed by atoms with Gasteiger partial charge in [0.05, 0.1) is 0 Å². The lowest BCUT2D eigenvalue weighted by Gasteiger charge is -2.17. The third-order valence-corrected chi connectivity index (χ3v) is 5.91. The van der Waals surface area contributed by atoms with Gasteiger partial charge in [0.15, 0.2) is 0 Å². The number of rotatable bonds is 8. The molecule has 0 fully saturated rings. The first-order valence-electron chi connectivity index (χ1n) is 10.9. The molecule has 0 saturated carbocycles. The average molecular weight is 449 g/mol. The van der Waals surface area contributed by atoms with Crippen LogP contribution in [0.5, 0.6) is 0 Å². The summed E-state index contributed by atoms with van der Waals surface area (Å²) in [5.74, 6) is -0.358. The number of nitrogens with zero attached hydrogens (tertiary/aromatic N) is 1. The Morgan fingerprint density at radius 1 is 1.06 bits per heavy atom. The first kappa shape index (κ1) is 22.1. The molecule has 0 bridgehead atoms. The Kier molecular flexibility index (Phi) is 6.91. The summed E-state index contributed by atoms with van der Waals surface area (Å²) in [5.41, 5.74) is 4.18. The fraction of sp³-hybridized carbons (Fsp3) is 0.222. The molecular formula is C27H26ClFN2O. The SMILES string of the molecule is CCCNC(=O)CC(c1cccc(Cl)c1)c1cn(Cc2ccc(F)cc2)c2ccccc12. The Labute approximate surface area is 192 Å². The predicted molar refractivity (Wildman–Crippen MR) is 129 cm³/mol. The van der Waals surface area contributed by atoms with Crippen LogP contribution in [-0.2, 0) is 11.3 Å². The van der Waals surface area contributed by atoms with E-state index in [1.54, 1.807) is 12.1 Å². The van der Waals surface area contributed by atoms with E-state index in [2.05, 4.69) is 28.2 Å². The molecule has 1 amide bonds. The Bertz CT molecular complexity index is 1220. The van der Waals surface area contributed by atoms with Crippen LogP contribution < -0.4 is 5.32 Å². The van der Waals surface area contributed by atoms with Crippen molar-refractivity contribution in [3.63, 3.8) is 0 Å². The van der Waals surface area contributed by atoms with Crippen LogP contribution in [0.4, 0.5) is 4.39 Å². The van der Waals surface area contributed by atoms with Crippen molar-refractivity contribution in [3.05, 3.63) is 107 Å². The van der Waals surface area contributed by atoms with Crippen LogP contribution in [0.25, 0.3) is 10.9 Å². The van der Waals surface area contributed by atoms with E-state index in [-0.39, 0.29) is 17.6 Å². The molecule has 0 radical (unpaired) electrons. The van der Waals surface area contributed by atoms with Crippen molar-refractivity contribution in [1.82, 2.24) is 9.88 Å². The zero-order valence-corrected chi connectivity index (χ0v) is 18.8. The number of fused-ring (bicyclic) bond motifs is 1. The summed E-state index contributed by atoms with van der Waals surface area (Å²) < 4.78 is 15.5. The van der Waals surface area contributed by atoms with Crippen molar-refractivity contribution in [2.75, 3.05) is 6.54 Å². The summed E-state index contributed by atoms with van der Waals surface area (Å²) in [6.45, 7) is 3.32. The molecular weight excluding hydrogens is 423 g/mol. The van der Waals surface area contributed by atoms with Gasteiger partial charge in [0.2, 0.25) is 5.91 Å². The second kappa shape index (κ2) is 10.0. The van der Waals surface area contributed by atoms with Gasteiger partial charge in [-0.2, -0.15) is 0 Å². The zero-order valence-electron chi connectivity index (χ0n) is 18.0. The summed E-state index contributed by atoms with van der Waals surface area (Å²) >= 11 is 6.30. The van der Waals surface area contributed by atoms with Gasteiger partial charge >= 0.3 is 0 Å². The maximum Gasteiger partial charge on any atom is 0.220 e. The molecule has 3 aromatic carbocycles. The summed E-state index contributed by atoms with van der Waals surface area (Å²) in [5, 5.41) is 4.75. The molecule has 4 rings (SSSR count). The minimum absolute atomic E-state index is 0.0205. The van der Waals surface area contributed by atoms with Crippen molar-refractivity contribution >= 4 is 28.4 Å². The van der Waals surface area contributed by atoms with Crippen LogP contribution in [0.2, 0.25) is 5.02 Å². The first-order chi connectivity index (χ1) is 15.5. The van der Waals surface area contributed by atoms with E-state index < -0.39 is 0 Å². The Balaban J connectivity index is 1.77. The lowest BCUT2D eigenvalue weighted by molar-refractivity contribution is -0.121. The normalized spacial score (nSPS) is 12.1. The highest BCUT2D eigenvalue weighted by molar-refractivity contribution is 6.30. The first-order valence-corrected chi connectivity index (χ1v) is 11.3. The van der Waals surface area contributed by atoms with Gasteiger partial charge in [0.1, 0.15) is 5.82 Å². The monoisotopic (exact) mass is 448 g/mol. The second-order valence-electron chi connectivity index (χ2n) is 8.02. The molecule has 5 heteroatoms. The molecule has 3 nitrogen and oxygen atoms in total. The van der Waals surface area contributed by atoms with Crippen LogP contribution >= 0.6 is 11.6 Å². The van der Waals surface area contributed by atoms with Crippen LogP contribution in [0.1, 0.15) is 42.4 Å². The van der Waals surface area contributed by atoms with E-state index in [1.165, 1.54) is 12.1 Å². The van der Waals surface area contributed by atoms with Crippen LogP contribution in [0.3, 0.4) is 0 Å². The van der Waals surface area contributed by atoms with Crippen molar-refractivity contribution in [1.29, 1.82) is 0 Å². The van der Waals surface area contributed by atoms with E-state index in [0.29, 0.717) is 24.5 Å². The molecule has 0 aliphatic carbocycles. The molecule has 1 N–H and O–H groups in total. The van der Waals surface area contributed by atoms with Gasteiger partial charge in [-0.05, 0) is 53.4 Å². The topological polar surface area (TPSA) is 34.0 Å². The largest absolute Gasteiger partial charge is 0.356 e. The highest BCUT2D eigenvalue weighted by Crippen LogP contribution is 2.36. The number of hydrogen-bond donors (Lipinski definition) is 1. The molecule has 1 unspecified atom stereocenters. The molecule has 0 aliphatic rings. The Morgan fingerprint density at radius 3 is 2.59 bits per heavy atom. The number of amides is 1. The average Bonchev–Trinajstić information content (AvgIpc) is 3.16. The molecule has 164 valence electrons. The molecule has 1 heterocycles. The third kappa shape index (κ3) is 5.03. The minimum atomic E-state index is -0.245. The van der Waals surface area contributed by atoms with Crippen molar-refractivity contribution in [2.24, 2.45) is 0 Å². The zero-order chi connectivity index (χ0) is 22.5. The van der Waals surface area contributed by atoms with Gasteiger partial charge in [0, 0.05) is 47.6 Å². The van der Waals surface area contributed by atoms with Crippen LogP contribution in [0.15, 0.2) is 79.0 Å². The smallest absolute Gasteiger partial charge is 0.220 e. The summed E-state index contributed by atoms with van der Waals surface area (Å²) in [6.07, 6.45) is 3.35. The minimum Gasteiger partial charge on any atom is -0.356 e. The van der Waals surface area contributed by atoms with Crippen molar-refractivity contribution in [3.8, 4) is 0 Å². The predicted octanol–water partition coefficient (Wildman–Crippen LogP) is 6.53. The second-order valence-corrected chi connectivity index (χ2v) is 8.45. The van der Waals surface area contributed by atoms with Crippen molar-refractivity contribution < 1.29 is 9.18 Å². The fourth-order valence-corrected chi connectivity index (χ4v) is 4.32. The maximum atomic E-state index is 13.4. The maximum absolute atomic E-state index is 13.4. The number of benzene rings is 3. The standard InChI is InChI=1S/C27H26ClFN2O/c1-2-14-30-27(32)16-24(20-6-5-7-21(28)15-20)25-18-31(26-9-4-3-8-23(25)26)17-19-10-12-22(29)13-11-19/h3-13,15,18,24H,2,14,16-17H2,1H3,(H,30,32). The van der Waals surface area contributed by atoms with Gasteiger partial charge in [0.25, 0.3) is 0 Å². The van der Waals surface area contributed by atoms with E-state index in [4.69, 9.17) is 11.6 Å². The molecule has 0 spiro atoms. The van der Waals surface area contributed by atoms with E-state index in [1.807, 2.05) is 43.3 Å². The summed E-state index contributed by atoms with van der Waals surface area (Å²) in [7, 11) is 0. The van der Waals surface area contributed by atoms with Crippen LogP contribution in [-0.4, -0.2) is 17.0 Å². The summed E-state index contributed by atoms with van der Waals surface area (Å²) in [6, 6.07) is 22.5. The number of carbonyl (C=O) groups is 1.